The highest BCUT2D eigenvalue weighted by atomic mass is 16.4. The van der Waals surface area contributed by atoms with Crippen molar-refractivity contribution in [1.29, 1.82) is 0 Å². The van der Waals surface area contributed by atoms with E-state index >= 15 is 0 Å². The molecule has 0 amide bonds. The van der Waals surface area contributed by atoms with Gasteiger partial charge in [0.2, 0.25) is 0 Å². The molecule has 1 atom stereocenters. The van der Waals surface area contributed by atoms with Crippen molar-refractivity contribution in [3.63, 3.8) is 0 Å². The second-order valence-electron chi connectivity index (χ2n) is 2.53. The molecule has 0 bridgehead atoms. The zero-order chi connectivity index (χ0) is 8.69. The van der Waals surface area contributed by atoms with E-state index in [0.717, 1.165) is 12.8 Å². The maximum atomic E-state index is 10.0. The van der Waals surface area contributed by atoms with Gasteiger partial charge in [0.25, 0.3) is 0 Å². The monoisotopic (exact) mass is 154 g/mol. The summed E-state index contributed by atoms with van der Waals surface area (Å²) < 4.78 is 0. The molecule has 0 rings (SSSR count). The Labute approximate surface area is 67.2 Å². The smallest absolute Gasteiger partial charge is 0.327 e. The lowest BCUT2D eigenvalue weighted by atomic mass is 10.1. The van der Waals surface area contributed by atoms with Crippen molar-refractivity contribution in [2.24, 2.45) is 5.92 Å². The van der Waals surface area contributed by atoms with Gasteiger partial charge in [-0.25, -0.2) is 4.79 Å². The minimum Gasteiger partial charge on any atom is -0.478 e. The van der Waals surface area contributed by atoms with Gasteiger partial charge in [0, 0.05) is 6.08 Å². The Morgan fingerprint density at radius 3 is 2.82 bits per heavy atom. The van der Waals surface area contributed by atoms with Crippen LogP contribution in [0.25, 0.3) is 0 Å². The van der Waals surface area contributed by atoms with E-state index in [0.29, 0.717) is 5.92 Å². The van der Waals surface area contributed by atoms with E-state index in [1.165, 1.54) is 6.08 Å². The Kier molecular flexibility index (Phi) is 5.17. The molecule has 62 valence electrons. The predicted octanol–water partition coefficient (Wildman–Crippen LogP) is 2.23. The van der Waals surface area contributed by atoms with E-state index in [2.05, 4.69) is 13.5 Å². The van der Waals surface area contributed by atoms with Crippen LogP contribution in [0.3, 0.4) is 0 Å². The molecule has 1 N–H and O–H groups in total. The fraction of sp³-hybridized carbons (Fsp3) is 0.444. The first-order valence-corrected chi connectivity index (χ1v) is 3.69. The summed E-state index contributed by atoms with van der Waals surface area (Å²) in [4.78, 5) is 10.0. The number of rotatable bonds is 5. The molecule has 0 heterocycles. The third kappa shape index (κ3) is 6.84. The molecule has 0 aromatic heterocycles. The lowest BCUT2D eigenvalue weighted by Gasteiger charge is -1.99. The van der Waals surface area contributed by atoms with Crippen LogP contribution in [0, 0.1) is 5.92 Å². The van der Waals surface area contributed by atoms with Gasteiger partial charge in [-0.15, -0.1) is 6.58 Å². The minimum absolute atomic E-state index is 0.466. The second kappa shape index (κ2) is 5.71. The SMILES string of the molecule is C=CC(C)CCC=CC(=O)O. The highest BCUT2D eigenvalue weighted by Crippen LogP contribution is 2.05. The van der Waals surface area contributed by atoms with Crippen LogP contribution in [0.5, 0.6) is 0 Å². The first-order valence-electron chi connectivity index (χ1n) is 3.69. The van der Waals surface area contributed by atoms with E-state index in [1.807, 2.05) is 6.08 Å². The molecule has 0 saturated heterocycles. The normalized spacial score (nSPS) is 13.2. The first kappa shape index (κ1) is 9.95. The average Bonchev–Trinajstić information content (AvgIpc) is 1.97. The predicted molar refractivity (Wildman–Crippen MR) is 45.4 cm³/mol. The van der Waals surface area contributed by atoms with Crippen LogP contribution in [-0.4, -0.2) is 11.1 Å². The molecule has 0 radical (unpaired) electrons. The number of aliphatic carboxylic acids is 1. The maximum absolute atomic E-state index is 10.0. The van der Waals surface area contributed by atoms with Gasteiger partial charge in [-0.2, -0.15) is 0 Å². The van der Waals surface area contributed by atoms with Crippen molar-refractivity contribution in [2.45, 2.75) is 19.8 Å². The molecule has 0 aliphatic heterocycles. The van der Waals surface area contributed by atoms with Gasteiger partial charge in [-0.3, -0.25) is 0 Å². The minimum atomic E-state index is -0.878. The molecule has 11 heavy (non-hydrogen) atoms. The van der Waals surface area contributed by atoms with Crippen LogP contribution in [0.2, 0.25) is 0 Å². The van der Waals surface area contributed by atoms with E-state index in [4.69, 9.17) is 5.11 Å². The number of hydrogen-bond donors (Lipinski definition) is 1. The highest BCUT2D eigenvalue weighted by Gasteiger charge is 1.92. The molecule has 0 fully saturated rings. The summed E-state index contributed by atoms with van der Waals surface area (Å²) in [5.74, 6) is -0.412. The molecule has 1 unspecified atom stereocenters. The van der Waals surface area contributed by atoms with Gasteiger partial charge in [0.1, 0.15) is 0 Å². The van der Waals surface area contributed by atoms with Crippen LogP contribution in [0.1, 0.15) is 19.8 Å². The van der Waals surface area contributed by atoms with Crippen molar-refractivity contribution >= 4 is 5.97 Å². The van der Waals surface area contributed by atoms with Crippen LogP contribution in [0.4, 0.5) is 0 Å². The summed E-state index contributed by atoms with van der Waals surface area (Å²) in [6.07, 6.45) is 6.49. The van der Waals surface area contributed by atoms with Crippen LogP contribution in [-0.2, 0) is 4.79 Å². The summed E-state index contributed by atoms with van der Waals surface area (Å²) in [6, 6.07) is 0. The van der Waals surface area contributed by atoms with Crippen LogP contribution < -0.4 is 0 Å². The molecule has 2 nitrogen and oxygen atoms in total. The molecule has 0 aliphatic carbocycles. The number of hydrogen-bond acceptors (Lipinski definition) is 1. The molecule has 0 aromatic carbocycles. The van der Waals surface area contributed by atoms with Crippen molar-refractivity contribution in [3.05, 3.63) is 24.8 Å². The van der Waals surface area contributed by atoms with Gasteiger partial charge in [0.05, 0.1) is 0 Å². The van der Waals surface area contributed by atoms with Crippen molar-refractivity contribution in [3.8, 4) is 0 Å². The first-order chi connectivity index (χ1) is 5.16. The average molecular weight is 154 g/mol. The lowest BCUT2D eigenvalue weighted by Crippen LogP contribution is -1.88. The standard InChI is InChI=1S/C9H14O2/c1-3-8(2)6-4-5-7-9(10)11/h3,5,7-8H,1,4,6H2,2H3,(H,10,11). The van der Waals surface area contributed by atoms with Crippen LogP contribution >= 0.6 is 0 Å². The van der Waals surface area contributed by atoms with Crippen LogP contribution in [0.15, 0.2) is 24.8 Å². The molecule has 0 aromatic rings. The quantitative estimate of drug-likeness (QED) is 0.487. The van der Waals surface area contributed by atoms with Gasteiger partial charge < -0.3 is 5.11 Å². The molecule has 0 spiro atoms. The number of carbonyl (C=O) groups is 1. The molecule has 0 saturated carbocycles. The second-order valence-corrected chi connectivity index (χ2v) is 2.53. The van der Waals surface area contributed by atoms with E-state index in [1.54, 1.807) is 6.08 Å². The third-order valence-corrected chi connectivity index (χ3v) is 1.45. The largest absolute Gasteiger partial charge is 0.478 e. The van der Waals surface area contributed by atoms with Crippen molar-refractivity contribution < 1.29 is 9.90 Å². The van der Waals surface area contributed by atoms with Crippen molar-refractivity contribution in [1.82, 2.24) is 0 Å². The molecular weight excluding hydrogens is 140 g/mol. The zero-order valence-corrected chi connectivity index (χ0v) is 6.79. The van der Waals surface area contributed by atoms with Gasteiger partial charge in [-0.05, 0) is 18.8 Å². The van der Waals surface area contributed by atoms with E-state index in [9.17, 15) is 4.79 Å². The van der Waals surface area contributed by atoms with Gasteiger partial charge in [-0.1, -0.05) is 19.1 Å². The maximum Gasteiger partial charge on any atom is 0.327 e. The Bertz CT molecular complexity index is 159. The molecular formula is C9H14O2. The Balaban J connectivity index is 3.41. The summed E-state index contributed by atoms with van der Waals surface area (Å²) in [5.41, 5.74) is 0. The third-order valence-electron chi connectivity index (χ3n) is 1.45. The zero-order valence-electron chi connectivity index (χ0n) is 6.79. The summed E-state index contributed by atoms with van der Waals surface area (Å²) >= 11 is 0. The highest BCUT2D eigenvalue weighted by molar-refractivity contribution is 5.79. The lowest BCUT2D eigenvalue weighted by molar-refractivity contribution is -0.131. The molecule has 0 aliphatic rings. The fourth-order valence-corrected chi connectivity index (χ4v) is 0.661. The van der Waals surface area contributed by atoms with Gasteiger partial charge in [0.15, 0.2) is 0 Å². The number of allylic oxidation sites excluding steroid dienone is 2. The van der Waals surface area contributed by atoms with E-state index < -0.39 is 5.97 Å². The van der Waals surface area contributed by atoms with Gasteiger partial charge >= 0.3 is 5.97 Å². The Hall–Kier alpha value is -1.05. The number of carboxylic acid groups (broad SMARTS) is 1. The summed E-state index contributed by atoms with van der Waals surface area (Å²) in [7, 11) is 0. The molecule has 2 heteroatoms. The summed E-state index contributed by atoms with van der Waals surface area (Å²) in [6.45, 7) is 5.69. The van der Waals surface area contributed by atoms with E-state index in [-0.39, 0.29) is 0 Å². The summed E-state index contributed by atoms with van der Waals surface area (Å²) in [5, 5.41) is 8.23. The van der Waals surface area contributed by atoms with Crippen molar-refractivity contribution in [2.75, 3.05) is 0 Å². The fourth-order valence-electron chi connectivity index (χ4n) is 0.661. The Morgan fingerprint density at radius 1 is 1.73 bits per heavy atom. The topological polar surface area (TPSA) is 37.3 Å². The Morgan fingerprint density at radius 2 is 2.36 bits per heavy atom. The number of carboxylic acids is 1.